The molecule has 0 bridgehead atoms. The molecule has 153 valence electrons. The molecule has 0 fully saturated rings. The summed E-state index contributed by atoms with van der Waals surface area (Å²) < 4.78 is 0. The molecule has 0 unspecified atom stereocenters. The van der Waals surface area contributed by atoms with Crippen molar-refractivity contribution < 1.29 is 0 Å². The van der Waals surface area contributed by atoms with Gasteiger partial charge in [0, 0.05) is 0 Å². The van der Waals surface area contributed by atoms with Crippen LogP contribution in [-0.2, 0) is 0 Å². The fourth-order valence-electron chi connectivity index (χ4n) is 4.21. The maximum Gasteiger partial charge on any atom is 0 e. The molecule has 0 saturated heterocycles. The van der Waals surface area contributed by atoms with Gasteiger partial charge in [-0.25, -0.2) is 0 Å². The number of hydrogen-bond donors (Lipinski definition) is 0. The van der Waals surface area contributed by atoms with E-state index in [9.17, 15) is 0 Å². The van der Waals surface area contributed by atoms with Crippen LogP contribution in [0.25, 0.3) is 38.2 Å². The Bertz CT molecular complexity index is 1320. The van der Waals surface area contributed by atoms with Crippen LogP contribution in [0.15, 0.2) is 108 Å². The predicted molar refractivity (Wildman–Crippen MR) is 126 cm³/mol. The third-order valence-electron chi connectivity index (χ3n) is 5.64. The summed E-state index contributed by atoms with van der Waals surface area (Å²) >= 11 is 0. The molecule has 1 aliphatic rings. The van der Waals surface area contributed by atoms with E-state index in [4.69, 9.17) is 0 Å². The van der Waals surface area contributed by atoms with Crippen LogP contribution in [0.1, 0.15) is 18.1 Å². The van der Waals surface area contributed by atoms with Crippen molar-refractivity contribution in [2.24, 2.45) is 0 Å². The van der Waals surface area contributed by atoms with Gasteiger partial charge in [-0.05, 0) is 75.4 Å². The van der Waals surface area contributed by atoms with Gasteiger partial charge in [0.05, 0.1) is 0 Å². The normalized spacial score (nSPS) is 13.0. The molecule has 4 aromatic carbocycles. The Hall–Kier alpha value is -4.60. The van der Waals surface area contributed by atoms with E-state index >= 15 is 0 Å². The first kappa shape index (κ1) is 18.7. The van der Waals surface area contributed by atoms with Gasteiger partial charge in [0.1, 0.15) is 0 Å². The van der Waals surface area contributed by atoms with E-state index in [-0.39, 0.29) is 0 Å². The average molecular weight is 632 g/mol. The Kier molecular flexibility index (Phi) is 4.64. The summed E-state index contributed by atoms with van der Waals surface area (Å²) in [6.45, 7) is 4.24. The van der Waals surface area contributed by atoms with Gasteiger partial charge in [0.15, 0.2) is 0 Å². The van der Waals surface area contributed by atoms with Gasteiger partial charge in [-0.1, -0.05) is 90.5 Å². The second-order valence-corrected chi connectivity index (χ2v) is 7.70. The van der Waals surface area contributed by atoms with Crippen LogP contribution >= 0.6 is 0 Å². The first-order chi connectivity index (χ1) is 14.2. The van der Waals surface area contributed by atoms with Crippen molar-refractivity contribution in [3.63, 3.8) is 0 Å². The second-order valence-electron chi connectivity index (χ2n) is 7.70. The standard InChI is InChI=1S/C29H22.Lr/c1-20-8-7-9-22(17-14-20)28-24-10-3-5-12-26(24)29(23-18-15-21(2)16-19-23)27-13-6-4-11-25(27)28;/h3-6,8-19H,1-2H3;. The third-order valence-corrected chi connectivity index (χ3v) is 5.64. The number of benzene rings is 4. The van der Waals surface area contributed by atoms with E-state index in [1.54, 1.807) is 0 Å². The topological polar surface area (TPSA) is 0 Å². The van der Waals surface area contributed by atoms with Gasteiger partial charge in [0.2, 0.25) is 0 Å². The molecule has 4 aromatic rings. The van der Waals surface area contributed by atoms with Crippen LogP contribution in [0.3, 0.4) is 0 Å². The third kappa shape index (κ3) is 3.02. The quantitative estimate of drug-likeness (QED) is 0.155. The minimum Gasteiger partial charge on any atom is -0.120 e. The zero-order valence-corrected chi connectivity index (χ0v) is 19.1. The monoisotopic (exact) mass is 632 g/mol. The Morgan fingerprint density at radius 1 is 0.567 bits per heavy atom. The first-order valence-electron chi connectivity index (χ1n) is 10.0. The molecule has 5 rings (SSSR count). The average Bonchev–Trinajstić information content (AvgIpc) is 2.97. The van der Waals surface area contributed by atoms with Gasteiger partial charge < -0.3 is 0 Å². The number of fused-ring (bicyclic) bond motifs is 2. The molecule has 0 heterocycles. The van der Waals surface area contributed by atoms with Gasteiger partial charge in [0.25, 0.3) is 0 Å². The summed E-state index contributed by atoms with van der Waals surface area (Å²) in [5, 5.41) is 5.12. The molecule has 1 aliphatic carbocycles. The van der Waals surface area contributed by atoms with Crippen molar-refractivity contribution in [3.05, 3.63) is 120 Å². The fraction of sp³-hybridized carbons (Fsp3) is 0.0690. The zero-order chi connectivity index (χ0) is 19.8. The summed E-state index contributed by atoms with van der Waals surface area (Å²) in [5.74, 6) is 0. The first-order valence-corrected chi connectivity index (χ1v) is 10.0. The van der Waals surface area contributed by atoms with E-state index in [0.29, 0.717) is 0 Å². The van der Waals surface area contributed by atoms with Crippen molar-refractivity contribution >= 4 is 27.1 Å². The van der Waals surface area contributed by atoms with Crippen LogP contribution < -0.4 is 0 Å². The predicted octanol–water partition coefficient (Wildman–Crippen LogP) is 8.02. The Morgan fingerprint density at radius 3 is 1.67 bits per heavy atom. The SMILES string of the molecule is CC1=CC=C(c2c3ccccc3c(-c3ccc(C)cc3)c3ccccc23)C=C=C1.[Lr]. The Morgan fingerprint density at radius 2 is 1.10 bits per heavy atom. The number of hydrogen-bond acceptors (Lipinski definition) is 0. The van der Waals surface area contributed by atoms with Gasteiger partial charge >= 0.3 is 0 Å². The number of rotatable bonds is 2. The maximum absolute atomic E-state index is 3.34. The van der Waals surface area contributed by atoms with Gasteiger partial charge in [-0.3, -0.25) is 0 Å². The summed E-state index contributed by atoms with van der Waals surface area (Å²) in [4.78, 5) is 0. The summed E-state index contributed by atoms with van der Waals surface area (Å²) in [5.41, 5.74) is 10.9. The smallest absolute Gasteiger partial charge is 0 e. The summed E-state index contributed by atoms with van der Waals surface area (Å²) in [7, 11) is 0. The fourth-order valence-corrected chi connectivity index (χ4v) is 4.21. The summed E-state index contributed by atoms with van der Waals surface area (Å²) in [6, 6.07) is 26.4. The summed E-state index contributed by atoms with van der Waals surface area (Å²) in [6.07, 6.45) is 8.52. The van der Waals surface area contributed by atoms with E-state index in [0.717, 1.165) is 0 Å². The minimum atomic E-state index is 0. The van der Waals surface area contributed by atoms with Crippen LogP contribution in [-0.4, -0.2) is 0 Å². The Labute approximate surface area is 171 Å². The van der Waals surface area contributed by atoms with E-state index in [1.165, 1.54) is 54.9 Å². The van der Waals surface area contributed by atoms with Crippen LogP contribution in [0.4, 0.5) is 0 Å². The molecule has 0 nitrogen and oxygen atoms in total. The minimum absolute atomic E-state index is 0. The largest absolute Gasteiger partial charge is 0.120 e. The second kappa shape index (κ2) is 7.43. The zero-order valence-electron chi connectivity index (χ0n) is 17.0. The Balaban J connectivity index is 0.00000218. The van der Waals surface area contributed by atoms with Gasteiger partial charge in [-0.15, -0.1) is 5.73 Å². The van der Waals surface area contributed by atoms with E-state index in [2.05, 4.69) is 111 Å². The molecular weight excluding hydrogens is 610 g/mol. The molecule has 0 saturated carbocycles. The molecule has 0 spiro atoms. The molecule has 0 amide bonds. The molecule has 0 atom stereocenters. The van der Waals surface area contributed by atoms with Crippen LogP contribution in [0.5, 0.6) is 0 Å². The molecular formula is C29H22Lr. The van der Waals surface area contributed by atoms with Crippen molar-refractivity contribution in [1.82, 2.24) is 0 Å². The van der Waals surface area contributed by atoms with Gasteiger partial charge in [-0.2, -0.15) is 0 Å². The maximum atomic E-state index is 3.34. The molecule has 30 heavy (non-hydrogen) atoms. The molecule has 0 aromatic heterocycles. The van der Waals surface area contributed by atoms with Crippen molar-refractivity contribution in [3.8, 4) is 11.1 Å². The van der Waals surface area contributed by atoms with Crippen LogP contribution in [0.2, 0.25) is 0 Å². The molecule has 0 N–H and O–H groups in total. The van der Waals surface area contributed by atoms with Crippen molar-refractivity contribution in [1.29, 1.82) is 0 Å². The van der Waals surface area contributed by atoms with Crippen LogP contribution in [0, 0.1) is 6.92 Å². The number of allylic oxidation sites excluding steroid dienone is 5. The molecule has 0 aliphatic heterocycles. The number of aryl methyl sites for hydroxylation is 1. The van der Waals surface area contributed by atoms with E-state index in [1.807, 2.05) is 6.08 Å². The van der Waals surface area contributed by atoms with Crippen molar-refractivity contribution in [2.45, 2.75) is 13.8 Å². The molecule has 1 heteroatoms. The van der Waals surface area contributed by atoms with Crippen molar-refractivity contribution in [2.75, 3.05) is 0 Å². The molecule has 1 radical (unpaired) electrons. The van der Waals surface area contributed by atoms with E-state index < -0.39 is 0 Å².